The second-order valence-corrected chi connectivity index (χ2v) is 7.52. The standard InChI is InChI=1S/C15H24N4S/c1-7-19-12-11(9(2)17-19)16-13(20)18(12)8-10-14(3,4)15(10,5)6/h10H,7-8H2,1-6H3,(H,16,20). The van der Waals surface area contributed by atoms with Gasteiger partial charge in [-0.2, -0.15) is 5.10 Å². The predicted molar refractivity (Wildman–Crippen MR) is 84.4 cm³/mol. The number of fused-ring (bicyclic) bond motifs is 1. The zero-order valence-corrected chi connectivity index (χ0v) is 14.1. The maximum absolute atomic E-state index is 5.54. The van der Waals surface area contributed by atoms with E-state index in [2.05, 4.69) is 54.0 Å². The van der Waals surface area contributed by atoms with Gasteiger partial charge in [0.25, 0.3) is 0 Å². The number of nitrogens with one attached hydrogen (secondary N) is 1. The molecular formula is C15H24N4S. The number of hydrogen-bond acceptors (Lipinski definition) is 2. The van der Waals surface area contributed by atoms with E-state index in [1.807, 2.05) is 6.92 Å². The highest BCUT2D eigenvalue weighted by Crippen LogP contribution is 2.68. The van der Waals surface area contributed by atoms with Crippen LogP contribution in [0.4, 0.5) is 0 Å². The minimum Gasteiger partial charge on any atom is -0.328 e. The summed E-state index contributed by atoms with van der Waals surface area (Å²) in [5.41, 5.74) is 4.01. The van der Waals surface area contributed by atoms with E-state index < -0.39 is 0 Å². The summed E-state index contributed by atoms with van der Waals surface area (Å²) in [5, 5.41) is 4.59. The second kappa shape index (κ2) is 3.97. The van der Waals surface area contributed by atoms with Crippen LogP contribution in [-0.4, -0.2) is 19.3 Å². The third-order valence-corrected chi connectivity index (χ3v) is 6.14. The van der Waals surface area contributed by atoms with Crippen molar-refractivity contribution >= 4 is 23.4 Å². The fourth-order valence-corrected chi connectivity index (χ4v) is 3.89. The molecule has 0 aromatic carbocycles. The quantitative estimate of drug-likeness (QED) is 0.871. The number of nitrogens with zero attached hydrogens (tertiary/aromatic N) is 3. The molecule has 110 valence electrons. The SMILES string of the molecule is CCn1nc(C)c2[nH]c(=S)n(CC3C(C)(C)C3(C)C)c21. The highest BCUT2D eigenvalue weighted by Gasteiger charge is 2.64. The first kappa shape index (κ1) is 13.9. The molecule has 1 N–H and O–H groups in total. The van der Waals surface area contributed by atoms with Crippen LogP contribution in [0.15, 0.2) is 0 Å². The Morgan fingerprint density at radius 3 is 2.35 bits per heavy atom. The molecule has 2 heterocycles. The highest BCUT2D eigenvalue weighted by molar-refractivity contribution is 7.71. The minimum atomic E-state index is 0.372. The lowest BCUT2D eigenvalue weighted by molar-refractivity contribution is 0.457. The van der Waals surface area contributed by atoms with Gasteiger partial charge in [-0.05, 0) is 42.8 Å². The third-order valence-electron chi connectivity index (χ3n) is 5.82. The summed E-state index contributed by atoms with van der Waals surface area (Å²) < 4.78 is 5.12. The van der Waals surface area contributed by atoms with Crippen molar-refractivity contribution in [2.24, 2.45) is 16.7 Å². The van der Waals surface area contributed by atoms with Gasteiger partial charge < -0.3 is 9.55 Å². The van der Waals surface area contributed by atoms with Crippen LogP contribution in [0.1, 0.15) is 40.3 Å². The van der Waals surface area contributed by atoms with Crippen LogP contribution < -0.4 is 0 Å². The molecule has 4 nitrogen and oxygen atoms in total. The van der Waals surface area contributed by atoms with Crippen LogP contribution in [-0.2, 0) is 13.1 Å². The molecule has 2 aromatic rings. The molecule has 0 saturated heterocycles. The van der Waals surface area contributed by atoms with Gasteiger partial charge in [0.15, 0.2) is 10.4 Å². The zero-order chi connectivity index (χ0) is 14.9. The van der Waals surface area contributed by atoms with Crippen molar-refractivity contribution in [3.8, 4) is 0 Å². The molecule has 0 amide bonds. The summed E-state index contributed by atoms with van der Waals surface area (Å²) in [5.74, 6) is 0.654. The summed E-state index contributed by atoms with van der Waals surface area (Å²) in [4.78, 5) is 3.33. The predicted octanol–water partition coefficient (Wildman–Crippen LogP) is 3.91. The fraction of sp³-hybridized carbons (Fsp3) is 0.733. The molecular weight excluding hydrogens is 268 g/mol. The van der Waals surface area contributed by atoms with Gasteiger partial charge in [-0.25, -0.2) is 4.68 Å². The molecule has 1 fully saturated rings. The first-order valence-corrected chi connectivity index (χ1v) is 7.78. The molecule has 0 atom stereocenters. The van der Waals surface area contributed by atoms with Crippen molar-refractivity contribution < 1.29 is 0 Å². The minimum absolute atomic E-state index is 0.372. The smallest absolute Gasteiger partial charge is 0.179 e. The Morgan fingerprint density at radius 1 is 1.25 bits per heavy atom. The maximum atomic E-state index is 5.54. The summed E-state index contributed by atoms with van der Waals surface area (Å²) in [6, 6.07) is 0. The molecule has 3 rings (SSSR count). The number of imidazole rings is 1. The molecule has 1 aliphatic carbocycles. The Kier molecular flexibility index (Phi) is 2.75. The van der Waals surface area contributed by atoms with E-state index in [1.54, 1.807) is 0 Å². The van der Waals surface area contributed by atoms with Crippen molar-refractivity contribution in [2.45, 2.75) is 54.6 Å². The molecule has 0 radical (unpaired) electrons. The van der Waals surface area contributed by atoms with Gasteiger partial charge in [0.2, 0.25) is 0 Å². The summed E-state index contributed by atoms with van der Waals surface area (Å²) in [6.45, 7) is 15.4. The highest BCUT2D eigenvalue weighted by atomic mass is 32.1. The molecule has 1 saturated carbocycles. The van der Waals surface area contributed by atoms with Crippen molar-refractivity contribution in [3.63, 3.8) is 0 Å². The van der Waals surface area contributed by atoms with E-state index >= 15 is 0 Å². The Labute approximate surface area is 125 Å². The number of H-pyrrole nitrogens is 1. The zero-order valence-electron chi connectivity index (χ0n) is 13.2. The average Bonchev–Trinajstić information content (AvgIpc) is 2.71. The van der Waals surface area contributed by atoms with Gasteiger partial charge in [0, 0.05) is 13.1 Å². The summed E-state index contributed by atoms with van der Waals surface area (Å²) >= 11 is 5.54. The second-order valence-electron chi connectivity index (χ2n) is 7.14. The Hall–Kier alpha value is -1.10. The van der Waals surface area contributed by atoms with Crippen LogP contribution in [0.2, 0.25) is 0 Å². The Bertz CT molecular complexity index is 715. The van der Waals surface area contributed by atoms with Crippen molar-refractivity contribution in [3.05, 3.63) is 10.5 Å². The lowest BCUT2D eigenvalue weighted by Crippen LogP contribution is -2.09. The molecule has 0 unspecified atom stereocenters. The van der Waals surface area contributed by atoms with E-state index in [0.717, 1.165) is 34.7 Å². The first-order valence-electron chi connectivity index (χ1n) is 7.37. The molecule has 0 bridgehead atoms. The monoisotopic (exact) mass is 292 g/mol. The molecule has 2 aromatic heterocycles. The van der Waals surface area contributed by atoms with Crippen LogP contribution in [0.25, 0.3) is 11.2 Å². The van der Waals surface area contributed by atoms with Gasteiger partial charge in [0.05, 0.1) is 5.69 Å². The number of aromatic amines is 1. The largest absolute Gasteiger partial charge is 0.328 e. The number of aryl methyl sites for hydroxylation is 2. The van der Waals surface area contributed by atoms with E-state index in [4.69, 9.17) is 12.2 Å². The summed E-state index contributed by atoms with van der Waals surface area (Å²) in [6.07, 6.45) is 0. The molecule has 1 aliphatic rings. The van der Waals surface area contributed by atoms with E-state index in [9.17, 15) is 0 Å². The Balaban J connectivity index is 2.09. The van der Waals surface area contributed by atoms with Crippen LogP contribution in [0, 0.1) is 28.4 Å². The average molecular weight is 292 g/mol. The van der Waals surface area contributed by atoms with E-state index in [1.165, 1.54) is 0 Å². The first-order chi connectivity index (χ1) is 9.21. The van der Waals surface area contributed by atoms with Crippen molar-refractivity contribution in [1.29, 1.82) is 0 Å². The number of hydrogen-bond donors (Lipinski definition) is 1. The summed E-state index contributed by atoms with van der Waals surface area (Å²) in [7, 11) is 0. The molecule has 20 heavy (non-hydrogen) atoms. The number of rotatable bonds is 3. The van der Waals surface area contributed by atoms with Gasteiger partial charge in [-0.15, -0.1) is 0 Å². The van der Waals surface area contributed by atoms with E-state index in [-0.39, 0.29) is 0 Å². The van der Waals surface area contributed by atoms with Crippen molar-refractivity contribution in [1.82, 2.24) is 19.3 Å². The van der Waals surface area contributed by atoms with Crippen LogP contribution in [0.5, 0.6) is 0 Å². The van der Waals surface area contributed by atoms with Gasteiger partial charge in [0.1, 0.15) is 5.52 Å². The van der Waals surface area contributed by atoms with Crippen molar-refractivity contribution in [2.75, 3.05) is 0 Å². The van der Waals surface area contributed by atoms with Crippen LogP contribution >= 0.6 is 12.2 Å². The molecule has 5 heteroatoms. The number of aromatic nitrogens is 4. The topological polar surface area (TPSA) is 38.5 Å². The van der Waals surface area contributed by atoms with Gasteiger partial charge in [-0.3, -0.25) is 0 Å². The van der Waals surface area contributed by atoms with Gasteiger partial charge >= 0.3 is 0 Å². The van der Waals surface area contributed by atoms with Crippen LogP contribution in [0.3, 0.4) is 0 Å². The lowest BCUT2D eigenvalue weighted by atomic mass is 10.0. The van der Waals surface area contributed by atoms with E-state index in [0.29, 0.717) is 16.7 Å². The fourth-order valence-electron chi connectivity index (χ4n) is 3.62. The Morgan fingerprint density at radius 2 is 1.85 bits per heavy atom. The normalized spacial score (nSPS) is 20.7. The third kappa shape index (κ3) is 1.59. The molecule has 0 aliphatic heterocycles. The van der Waals surface area contributed by atoms with Gasteiger partial charge in [-0.1, -0.05) is 27.7 Å². The lowest BCUT2D eigenvalue weighted by Gasteiger charge is -2.07. The molecule has 0 spiro atoms. The maximum Gasteiger partial charge on any atom is 0.179 e.